The molecule has 0 saturated heterocycles. The molecule has 0 saturated carbocycles. The quantitative estimate of drug-likeness (QED) is 0.711. The summed E-state index contributed by atoms with van der Waals surface area (Å²) in [6.07, 6.45) is 1.60. The second-order valence-electron chi connectivity index (χ2n) is 3.39. The Morgan fingerprint density at radius 1 is 1.35 bits per heavy atom. The van der Waals surface area contributed by atoms with Crippen LogP contribution >= 0.6 is 11.3 Å². The fourth-order valence-electron chi connectivity index (χ4n) is 1.59. The molecule has 2 heterocycles. The van der Waals surface area contributed by atoms with Gasteiger partial charge in [-0.2, -0.15) is 9.61 Å². The average Bonchev–Trinajstić information content (AvgIpc) is 2.90. The number of hydrogen-bond acceptors (Lipinski definition) is 5. The second kappa shape index (κ2) is 4.14. The van der Waals surface area contributed by atoms with Gasteiger partial charge in [0.15, 0.2) is 5.01 Å². The van der Waals surface area contributed by atoms with Gasteiger partial charge in [-0.1, -0.05) is 23.5 Å². The Hall–Kier alpha value is -1.95. The molecule has 0 radical (unpaired) electrons. The van der Waals surface area contributed by atoms with E-state index in [-0.39, 0.29) is 0 Å². The number of aromatic nitrogens is 4. The number of ether oxygens (including phenoxy) is 1. The third-order valence-corrected chi connectivity index (χ3v) is 3.25. The highest BCUT2D eigenvalue weighted by atomic mass is 32.1. The smallest absolute Gasteiger partial charge is 0.234 e. The molecule has 0 aliphatic carbocycles. The maximum atomic E-state index is 5.59. The fraction of sp³-hybridized carbons (Fsp3) is 0.182. The molecule has 3 rings (SSSR count). The summed E-state index contributed by atoms with van der Waals surface area (Å²) in [6, 6.07) is 7.87. The van der Waals surface area contributed by atoms with E-state index in [0.717, 1.165) is 21.3 Å². The highest BCUT2D eigenvalue weighted by Gasteiger charge is 2.11. The predicted molar refractivity (Wildman–Crippen MR) is 65.3 cm³/mol. The van der Waals surface area contributed by atoms with Crippen molar-refractivity contribution in [3.63, 3.8) is 0 Å². The minimum atomic E-state index is 0.640. The van der Waals surface area contributed by atoms with Crippen LogP contribution in [-0.2, 0) is 0 Å². The molecule has 0 aliphatic heterocycles. The van der Waals surface area contributed by atoms with E-state index in [4.69, 9.17) is 4.74 Å². The number of rotatable bonds is 3. The lowest BCUT2D eigenvalue weighted by Crippen LogP contribution is -1.93. The van der Waals surface area contributed by atoms with E-state index in [9.17, 15) is 0 Å². The molecule has 0 N–H and O–H groups in total. The molecule has 0 bridgehead atoms. The van der Waals surface area contributed by atoms with Gasteiger partial charge in [-0.15, -0.1) is 10.2 Å². The topological polar surface area (TPSA) is 52.3 Å². The van der Waals surface area contributed by atoms with Gasteiger partial charge in [0.25, 0.3) is 0 Å². The van der Waals surface area contributed by atoms with E-state index < -0.39 is 0 Å². The molecular formula is C11H10N4OS. The highest BCUT2D eigenvalue weighted by molar-refractivity contribution is 7.19. The van der Waals surface area contributed by atoms with Crippen molar-refractivity contribution in [1.29, 1.82) is 0 Å². The van der Waals surface area contributed by atoms with Crippen LogP contribution < -0.4 is 4.74 Å². The Labute approximate surface area is 102 Å². The van der Waals surface area contributed by atoms with E-state index in [2.05, 4.69) is 15.3 Å². The lowest BCUT2D eigenvalue weighted by molar-refractivity contribution is 0.341. The van der Waals surface area contributed by atoms with Gasteiger partial charge in [-0.05, 0) is 19.1 Å². The summed E-state index contributed by atoms with van der Waals surface area (Å²) in [7, 11) is 0. The van der Waals surface area contributed by atoms with E-state index in [0.29, 0.717) is 6.61 Å². The molecule has 0 unspecified atom stereocenters. The number of para-hydroxylation sites is 1. The van der Waals surface area contributed by atoms with E-state index in [1.807, 2.05) is 31.2 Å². The maximum absolute atomic E-state index is 5.59. The van der Waals surface area contributed by atoms with Gasteiger partial charge in [-0.3, -0.25) is 0 Å². The summed E-state index contributed by atoms with van der Waals surface area (Å²) in [5.74, 6) is 0.847. The van der Waals surface area contributed by atoms with Gasteiger partial charge in [0, 0.05) is 0 Å². The zero-order valence-corrected chi connectivity index (χ0v) is 10.0. The van der Waals surface area contributed by atoms with Crippen LogP contribution in [0.4, 0.5) is 0 Å². The molecule has 0 fully saturated rings. The molecule has 0 amide bonds. The van der Waals surface area contributed by atoms with Crippen LogP contribution in [0, 0.1) is 0 Å². The molecule has 6 heteroatoms. The van der Waals surface area contributed by atoms with Crippen molar-refractivity contribution in [3.8, 4) is 16.3 Å². The van der Waals surface area contributed by atoms with Crippen molar-refractivity contribution in [2.24, 2.45) is 0 Å². The van der Waals surface area contributed by atoms with Gasteiger partial charge in [0.05, 0.1) is 12.2 Å². The number of fused-ring (bicyclic) bond motifs is 1. The van der Waals surface area contributed by atoms with Crippen LogP contribution in [0.2, 0.25) is 0 Å². The average molecular weight is 246 g/mol. The van der Waals surface area contributed by atoms with Crippen molar-refractivity contribution in [2.75, 3.05) is 6.61 Å². The molecule has 3 aromatic rings. The van der Waals surface area contributed by atoms with Crippen LogP contribution in [0.5, 0.6) is 5.75 Å². The zero-order valence-electron chi connectivity index (χ0n) is 9.20. The normalized spacial score (nSPS) is 10.9. The second-order valence-corrected chi connectivity index (χ2v) is 4.35. The summed E-state index contributed by atoms with van der Waals surface area (Å²) in [5, 5.41) is 13.1. The summed E-state index contributed by atoms with van der Waals surface area (Å²) in [6.45, 7) is 2.61. The van der Waals surface area contributed by atoms with E-state index in [1.165, 1.54) is 11.3 Å². The first-order chi connectivity index (χ1) is 8.38. The summed E-state index contributed by atoms with van der Waals surface area (Å²) in [5.41, 5.74) is 0.991. The minimum Gasteiger partial charge on any atom is -0.493 e. The van der Waals surface area contributed by atoms with Crippen LogP contribution in [0.3, 0.4) is 0 Å². The Bertz CT molecular complexity index is 617. The molecule has 17 heavy (non-hydrogen) atoms. The first-order valence-corrected chi connectivity index (χ1v) is 6.09. The van der Waals surface area contributed by atoms with Crippen molar-refractivity contribution < 1.29 is 4.74 Å². The zero-order chi connectivity index (χ0) is 11.7. The van der Waals surface area contributed by atoms with Crippen LogP contribution in [0.25, 0.3) is 15.5 Å². The Balaban J connectivity index is 2.11. The van der Waals surface area contributed by atoms with Crippen LogP contribution in [-0.4, -0.2) is 26.4 Å². The lowest BCUT2D eigenvalue weighted by atomic mass is 10.2. The molecule has 2 aromatic heterocycles. The van der Waals surface area contributed by atoms with Gasteiger partial charge in [0.2, 0.25) is 4.96 Å². The third-order valence-electron chi connectivity index (χ3n) is 2.30. The number of hydrogen-bond donors (Lipinski definition) is 0. The van der Waals surface area contributed by atoms with E-state index >= 15 is 0 Å². The number of benzene rings is 1. The molecule has 1 aromatic carbocycles. The van der Waals surface area contributed by atoms with Gasteiger partial charge in [0.1, 0.15) is 12.1 Å². The summed E-state index contributed by atoms with van der Waals surface area (Å²) >= 11 is 1.50. The molecular weight excluding hydrogens is 236 g/mol. The number of nitrogens with zero attached hydrogens (tertiary/aromatic N) is 4. The molecule has 86 valence electrons. The van der Waals surface area contributed by atoms with Crippen molar-refractivity contribution in [1.82, 2.24) is 19.8 Å². The first-order valence-electron chi connectivity index (χ1n) is 5.27. The third kappa shape index (κ3) is 1.76. The largest absolute Gasteiger partial charge is 0.493 e. The predicted octanol–water partition coefficient (Wildman–Crippen LogP) is 2.25. The Kier molecular flexibility index (Phi) is 2.49. The monoisotopic (exact) mass is 246 g/mol. The molecule has 0 aliphatic rings. The van der Waals surface area contributed by atoms with Crippen molar-refractivity contribution in [2.45, 2.75) is 6.92 Å². The molecule has 0 atom stereocenters. The molecule has 5 nitrogen and oxygen atoms in total. The van der Waals surface area contributed by atoms with Crippen LogP contribution in [0.1, 0.15) is 6.92 Å². The minimum absolute atomic E-state index is 0.640. The standard InChI is InChI=1S/C11H10N4OS/c1-2-16-9-6-4-3-5-8(9)10-14-15-7-12-13-11(15)17-10/h3-7H,2H2,1H3. The van der Waals surface area contributed by atoms with Crippen molar-refractivity contribution >= 4 is 16.3 Å². The Morgan fingerprint density at radius 3 is 3.06 bits per heavy atom. The maximum Gasteiger partial charge on any atom is 0.234 e. The van der Waals surface area contributed by atoms with Crippen molar-refractivity contribution in [3.05, 3.63) is 30.6 Å². The first kappa shape index (κ1) is 10.2. The summed E-state index contributed by atoms with van der Waals surface area (Å²) in [4.78, 5) is 0.784. The Morgan fingerprint density at radius 2 is 2.24 bits per heavy atom. The van der Waals surface area contributed by atoms with Gasteiger partial charge in [-0.25, -0.2) is 0 Å². The van der Waals surface area contributed by atoms with Gasteiger partial charge >= 0.3 is 0 Å². The summed E-state index contributed by atoms with van der Waals surface area (Å²) < 4.78 is 7.25. The van der Waals surface area contributed by atoms with E-state index in [1.54, 1.807) is 10.8 Å². The molecule has 0 spiro atoms. The lowest BCUT2D eigenvalue weighted by Gasteiger charge is -2.06. The fourth-order valence-corrected chi connectivity index (χ4v) is 2.44. The SMILES string of the molecule is CCOc1ccccc1-c1nn2cnnc2s1. The highest BCUT2D eigenvalue weighted by Crippen LogP contribution is 2.32. The van der Waals surface area contributed by atoms with Crippen LogP contribution in [0.15, 0.2) is 30.6 Å². The van der Waals surface area contributed by atoms with Gasteiger partial charge < -0.3 is 4.74 Å².